The molecule has 0 spiro atoms. The Morgan fingerprint density at radius 1 is 0.846 bits per heavy atom. The first-order chi connectivity index (χ1) is 5.91. The quantitative estimate of drug-likeness (QED) is 0.585. The summed E-state index contributed by atoms with van der Waals surface area (Å²) in [6.45, 7) is 8.76. The van der Waals surface area contributed by atoms with Gasteiger partial charge in [0.25, 0.3) is 0 Å². The van der Waals surface area contributed by atoms with Gasteiger partial charge in [0.05, 0.1) is 15.7 Å². The second kappa shape index (κ2) is 6.86. The molecule has 0 N–H and O–H groups in total. The normalized spacial score (nSPS) is 16.5. The van der Waals surface area contributed by atoms with E-state index in [1.807, 2.05) is 0 Å². The van der Waals surface area contributed by atoms with Crippen molar-refractivity contribution < 1.29 is 0 Å². The largest absolute Gasteiger partial charge is 0.175 e. The van der Waals surface area contributed by atoms with Crippen LogP contribution in [0.1, 0.15) is 40.5 Å². The van der Waals surface area contributed by atoms with E-state index >= 15 is 0 Å². The third-order valence-corrected chi connectivity index (χ3v) is 2.84. The molecular weight excluding hydrogens is 174 g/mol. The zero-order chi connectivity index (χ0) is 10.4. The summed E-state index contributed by atoms with van der Waals surface area (Å²) in [5.74, 6) is 1.32. The molecule has 0 nitrogen and oxygen atoms in total. The SMILES string of the molecule is [B]C(CC(C)C)SC([B])CC(C)C. The van der Waals surface area contributed by atoms with Crippen molar-refractivity contribution in [1.82, 2.24) is 0 Å². The number of hydrogen-bond acceptors (Lipinski definition) is 1. The second-order valence-electron chi connectivity index (χ2n) is 4.47. The molecule has 0 aromatic carbocycles. The fourth-order valence-corrected chi connectivity index (χ4v) is 2.71. The minimum atomic E-state index is 0.203. The molecule has 0 bridgehead atoms. The third-order valence-electron chi connectivity index (χ3n) is 1.76. The molecule has 3 heteroatoms. The lowest BCUT2D eigenvalue weighted by molar-refractivity contribution is 0.606. The van der Waals surface area contributed by atoms with Crippen LogP contribution in [0, 0.1) is 11.8 Å². The van der Waals surface area contributed by atoms with E-state index in [1.54, 1.807) is 11.8 Å². The smallest absolute Gasteiger partial charge is 0.0846 e. The molecule has 72 valence electrons. The zero-order valence-corrected chi connectivity index (χ0v) is 10.1. The Labute approximate surface area is 90.5 Å². The Morgan fingerprint density at radius 2 is 1.15 bits per heavy atom. The molecule has 13 heavy (non-hydrogen) atoms. The molecule has 0 heterocycles. The van der Waals surface area contributed by atoms with Crippen LogP contribution in [0.3, 0.4) is 0 Å². The summed E-state index contributed by atoms with van der Waals surface area (Å²) in [5.41, 5.74) is 0. The third kappa shape index (κ3) is 8.80. The number of hydrogen-bond donors (Lipinski definition) is 0. The van der Waals surface area contributed by atoms with E-state index in [0.717, 1.165) is 12.8 Å². The summed E-state index contributed by atoms with van der Waals surface area (Å²) in [7, 11) is 11.9. The first-order valence-corrected chi connectivity index (χ1v) is 6.02. The predicted octanol–water partition coefficient (Wildman–Crippen LogP) is 2.80. The van der Waals surface area contributed by atoms with Crippen LogP contribution in [0.2, 0.25) is 0 Å². The second-order valence-corrected chi connectivity index (χ2v) is 5.96. The van der Waals surface area contributed by atoms with Gasteiger partial charge in [0, 0.05) is 0 Å². The van der Waals surface area contributed by atoms with Gasteiger partial charge in [-0.2, -0.15) is 11.8 Å². The van der Waals surface area contributed by atoms with Gasteiger partial charge in [-0.15, -0.1) is 0 Å². The van der Waals surface area contributed by atoms with Gasteiger partial charge < -0.3 is 0 Å². The summed E-state index contributed by atoms with van der Waals surface area (Å²) < 4.78 is 0. The average Bonchev–Trinajstić information content (AvgIpc) is 1.80. The van der Waals surface area contributed by atoms with Gasteiger partial charge in [-0.25, -0.2) is 0 Å². The Kier molecular flexibility index (Phi) is 7.12. The van der Waals surface area contributed by atoms with Crippen LogP contribution in [0.15, 0.2) is 0 Å². The monoisotopic (exact) mass is 194 g/mol. The molecule has 4 radical (unpaired) electrons. The highest BCUT2D eigenvalue weighted by atomic mass is 32.2. The van der Waals surface area contributed by atoms with E-state index < -0.39 is 0 Å². The van der Waals surface area contributed by atoms with Crippen LogP contribution in [0.4, 0.5) is 0 Å². The molecule has 0 saturated heterocycles. The van der Waals surface area contributed by atoms with Crippen LogP contribution < -0.4 is 0 Å². The van der Waals surface area contributed by atoms with Crippen LogP contribution >= 0.6 is 11.8 Å². The molecule has 2 unspecified atom stereocenters. The van der Waals surface area contributed by atoms with E-state index in [1.165, 1.54) is 0 Å². The van der Waals surface area contributed by atoms with E-state index in [9.17, 15) is 0 Å². The lowest BCUT2D eigenvalue weighted by Gasteiger charge is -2.20. The van der Waals surface area contributed by atoms with Crippen molar-refractivity contribution in [2.24, 2.45) is 11.8 Å². The first kappa shape index (κ1) is 13.5. The Balaban J connectivity index is 3.58. The highest BCUT2D eigenvalue weighted by Gasteiger charge is 2.11. The molecule has 0 aliphatic carbocycles. The van der Waals surface area contributed by atoms with Crippen molar-refractivity contribution in [1.29, 1.82) is 0 Å². The van der Waals surface area contributed by atoms with Crippen molar-refractivity contribution in [3.05, 3.63) is 0 Å². The fraction of sp³-hybridized carbons (Fsp3) is 1.00. The standard InChI is InChI=1S/C10H20B2S/c1-7(2)5-9(11)13-10(12)6-8(3)4/h7-10H,5-6H2,1-4H3. The van der Waals surface area contributed by atoms with Gasteiger partial charge in [0.1, 0.15) is 0 Å². The van der Waals surface area contributed by atoms with Crippen molar-refractivity contribution in [3.63, 3.8) is 0 Å². The number of thioether (sulfide) groups is 1. The highest BCUT2D eigenvalue weighted by molar-refractivity contribution is 8.02. The van der Waals surface area contributed by atoms with E-state index in [4.69, 9.17) is 15.7 Å². The van der Waals surface area contributed by atoms with Gasteiger partial charge in [0.15, 0.2) is 0 Å². The van der Waals surface area contributed by atoms with Gasteiger partial charge in [0.2, 0.25) is 0 Å². The molecule has 2 atom stereocenters. The van der Waals surface area contributed by atoms with E-state index in [-0.39, 0.29) is 10.3 Å². The van der Waals surface area contributed by atoms with Crippen LogP contribution in [0.25, 0.3) is 0 Å². The van der Waals surface area contributed by atoms with Gasteiger partial charge in [-0.05, 0) is 35.0 Å². The van der Waals surface area contributed by atoms with Crippen LogP contribution in [-0.4, -0.2) is 26.0 Å². The maximum atomic E-state index is 5.93. The minimum absolute atomic E-state index is 0.203. The zero-order valence-electron chi connectivity index (χ0n) is 9.29. The maximum Gasteiger partial charge on any atom is 0.0846 e. The predicted molar refractivity (Wildman–Crippen MR) is 65.6 cm³/mol. The summed E-state index contributed by atoms with van der Waals surface area (Å²) in [6, 6.07) is 0. The minimum Gasteiger partial charge on any atom is -0.175 e. The Hall–Kier alpha value is 0.480. The van der Waals surface area contributed by atoms with Gasteiger partial charge in [-0.1, -0.05) is 27.7 Å². The van der Waals surface area contributed by atoms with Crippen LogP contribution in [0.5, 0.6) is 0 Å². The summed E-state index contributed by atoms with van der Waals surface area (Å²) >= 11 is 1.71. The molecule has 0 aliphatic rings. The van der Waals surface area contributed by atoms with E-state index in [0.29, 0.717) is 11.8 Å². The lowest BCUT2D eigenvalue weighted by Crippen LogP contribution is -2.15. The summed E-state index contributed by atoms with van der Waals surface area (Å²) in [5, 5.41) is 0.405. The summed E-state index contributed by atoms with van der Waals surface area (Å²) in [4.78, 5) is 0. The maximum absolute atomic E-state index is 5.93. The highest BCUT2D eigenvalue weighted by Crippen LogP contribution is 2.23. The number of rotatable bonds is 6. The van der Waals surface area contributed by atoms with Crippen molar-refractivity contribution in [2.45, 2.75) is 50.8 Å². The van der Waals surface area contributed by atoms with Crippen molar-refractivity contribution in [3.8, 4) is 0 Å². The Bertz CT molecular complexity index is 112. The van der Waals surface area contributed by atoms with Gasteiger partial charge >= 0.3 is 0 Å². The molecule has 0 aliphatic heterocycles. The van der Waals surface area contributed by atoms with Crippen molar-refractivity contribution >= 4 is 27.5 Å². The topological polar surface area (TPSA) is 0 Å². The Morgan fingerprint density at radius 3 is 1.38 bits per heavy atom. The lowest BCUT2D eigenvalue weighted by atomic mass is 9.94. The van der Waals surface area contributed by atoms with Crippen LogP contribution in [-0.2, 0) is 0 Å². The van der Waals surface area contributed by atoms with Gasteiger partial charge in [-0.3, -0.25) is 0 Å². The molecule has 0 aromatic rings. The average molecular weight is 194 g/mol. The first-order valence-electron chi connectivity index (χ1n) is 5.08. The van der Waals surface area contributed by atoms with Crippen molar-refractivity contribution in [2.75, 3.05) is 0 Å². The molecule has 0 amide bonds. The fourth-order valence-electron chi connectivity index (χ4n) is 1.26. The molecular formula is C10H20B2S. The summed E-state index contributed by atoms with van der Waals surface area (Å²) in [6.07, 6.45) is 2.10. The molecule has 0 fully saturated rings. The molecule has 0 aromatic heterocycles. The molecule has 0 saturated carbocycles. The molecule has 0 rings (SSSR count). The van der Waals surface area contributed by atoms with E-state index in [2.05, 4.69) is 27.7 Å².